The summed E-state index contributed by atoms with van der Waals surface area (Å²) in [6.45, 7) is 2.29. The topological polar surface area (TPSA) is 43.7 Å². The smallest absolute Gasteiger partial charge is 0.115 e. The number of hydrogen-bond acceptors (Lipinski definition) is 3. The van der Waals surface area contributed by atoms with E-state index in [9.17, 15) is 10.2 Å². The summed E-state index contributed by atoms with van der Waals surface area (Å²) in [7, 11) is 0. The third kappa shape index (κ3) is 2.57. The molecule has 1 saturated heterocycles. The number of hydrogen-bond donors (Lipinski definition) is 2. The molecule has 3 rings (SSSR count). The fraction of sp³-hybridized carbons (Fsp3) is 0.647. The lowest BCUT2D eigenvalue weighted by molar-refractivity contribution is -0.0172. The second kappa shape index (κ2) is 5.74. The lowest BCUT2D eigenvalue weighted by Gasteiger charge is -2.42. The van der Waals surface area contributed by atoms with Gasteiger partial charge in [-0.25, -0.2) is 0 Å². The van der Waals surface area contributed by atoms with Crippen molar-refractivity contribution < 1.29 is 10.2 Å². The van der Waals surface area contributed by atoms with Gasteiger partial charge < -0.3 is 10.2 Å². The zero-order valence-corrected chi connectivity index (χ0v) is 12.1. The van der Waals surface area contributed by atoms with Gasteiger partial charge >= 0.3 is 0 Å². The van der Waals surface area contributed by atoms with Crippen LogP contribution in [-0.2, 0) is 6.42 Å². The highest BCUT2D eigenvalue weighted by Gasteiger charge is 2.45. The molecule has 0 amide bonds. The molecule has 1 aromatic carbocycles. The van der Waals surface area contributed by atoms with Gasteiger partial charge in [0.1, 0.15) is 5.75 Å². The van der Waals surface area contributed by atoms with E-state index in [4.69, 9.17) is 0 Å². The van der Waals surface area contributed by atoms with E-state index < -0.39 is 0 Å². The third-order valence-electron chi connectivity index (χ3n) is 5.19. The van der Waals surface area contributed by atoms with Crippen molar-refractivity contribution in [2.24, 2.45) is 0 Å². The van der Waals surface area contributed by atoms with E-state index in [1.165, 1.54) is 25.7 Å². The Kier molecular flexibility index (Phi) is 3.99. The minimum absolute atomic E-state index is 0.00832. The largest absolute Gasteiger partial charge is 0.508 e. The minimum Gasteiger partial charge on any atom is -0.508 e. The monoisotopic (exact) mass is 275 g/mol. The molecule has 0 radical (unpaired) electrons. The molecule has 1 unspecified atom stereocenters. The summed E-state index contributed by atoms with van der Waals surface area (Å²) in [5.74, 6) is 0.290. The summed E-state index contributed by atoms with van der Waals surface area (Å²) in [5.41, 5.74) is 1.12. The van der Waals surface area contributed by atoms with Crippen LogP contribution in [0.3, 0.4) is 0 Å². The van der Waals surface area contributed by atoms with E-state index in [-0.39, 0.29) is 11.6 Å². The van der Waals surface area contributed by atoms with Gasteiger partial charge in [-0.05, 0) is 56.5 Å². The SMILES string of the molecule is Oc1ccc(CC(O)C2(N3CCCC3)CCCC2)cc1. The van der Waals surface area contributed by atoms with Crippen molar-refractivity contribution >= 4 is 0 Å². The fourth-order valence-corrected chi connectivity index (χ4v) is 4.06. The summed E-state index contributed by atoms with van der Waals surface area (Å²) in [6.07, 6.45) is 7.68. The maximum Gasteiger partial charge on any atom is 0.115 e. The highest BCUT2D eigenvalue weighted by Crippen LogP contribution is 2.41. The number of likely N-dealkylation sites (tertiary alicyclic amines) is 1. The zero-order chi connectivity index (χ0) is 14.0. The predicted octanol–water partition coefficient (Wildman–Crippen LogP) is 2.70. The lowest BCUT2D eigenvalue weighted by atomic mass is 9.85. The number of aliphatic hydroxyl groups is 1. The molecule has 0 aromatic heterocycles. The van der Waals surface area contributed by atoms with Crippen molar-refractivity contribution in [2.45, 2.75) is 56.6 Å². The molecule has 0 bridgehead atoms. The van der Waals surface area contributed by atoms with Crippen LogP contribution in [0.1, 0.15) is 44.1 Å². The molecule has 3 heteroatoms. The highest BCUT2D eigenvalue weighted by molar-refractivity contribution is 5.27. The quantitative estimate of drug-likeness (QED) is 0.888. The molecular formula is C17H25NO2. The van der Waals surface area contributed by atoms with Crippen molar-refractivity contribution in [3.05, 3.63) is 29.8 Å². The van der Waals surface area contributed by atoms with Crippen LogP contribution >= 0.6 is 0 Å². The number of phenols is 1. The van der Waals surface area contributed by atoms with Crippen molar-refractivity contribution in [1.29, 1.82) is 0 Å². The highest BCUT2D eigenvalue weighted by atomic mass is 16.3. The van der Waals surface area contributed by atoms with Gasteiger partial charge in [-0.1, -0.05) is 25.0 Å². The van der Waals surface area contributed by atoms with Crippen LogP contribution in [0.15, 0.2) is 24.3 Å². The van der Waals surface area contributed by atoms with E-state index in [2.05, 4.69) is 4.90 Å². The van der Waals surface area contributed by atoms with Crippen LogP contribution in [-0.4, -0.2) is 39.8 Å². The van der Waals surface area contributed by atoms with Crippen LogP contribution in [0.5, 0.6) is 5.75 Å². The van der Waals surface area contributed by atoms with Crippen molar-refractivity contribution in [1.82, 2.24) is 4.90 Å². The summed E-state index contributed by atoms with van der Waals surface area (Å²) in [5, 5.41) is 20.2. The van der Waals surface area contributed by atoms with E-state index >= 15 is 0 Å². The van der Waals surface area contributed by atoms with E-state index in [0.717, 1.165) is 31.5 Å². The molecule has 2 aliphatic rings. The van der Waals surface area contributed by atoms with Gasteiger partial charge in [0, 0.05) is 12.0 Å². The van der Waals surface area contributed by atoms with Gasteiger partial charge in [-0.2, -0.15) is 0 Å². The summed E-state index contributed by atoms with van der Waals surface area (Å²) in [4.78, 5) is 2.55. The molecule has 2 N–H and O–H groups in total. The lowest BCUT2D eigenvalue weighted by Crippen LogP contribution is -2.54. The Bertz CT molecular complexity index is 431. The second-order valence-corrected chi connectivity index (χ2v) is 6.39. The van der Waals surface area contributed by atoms with Gasteiger partial charge in [-0.15, -0.1) is 0 Å². The normalized spacial score (nSPS) is 24.1. The Morgan fingerprint density at radius 3 is 2.20 bits per heavy atom. The first-order valence-corrected chi connectivity index (χ1v) is 7.92. The number of benzene rings is 1. The van der Waals surface area contributed by atoms with E-state index in [0.29, 0.717) is 12.2 Å². The molecule has 1 heterocycles. The van der Waals surface area contributed by atoms with E-state index in [1.54, 1.807) is 12.1 Å². The first-order chi connectivity index (χ1) is 9.71. The first-order valence-electron chi connectivity index (χ1n) is 7.92. The number of phenolic OH excluding ortho intramolecular Hbond substituents is 1. The van der Waals surface area contributed by atoms with E-state index in [1.807, 2.05) is 12.1 Å². The van der Waals surface area contributed by atoms with Gasteiger partial charge in [0.05, 0.1) is 6.10 Å². The van der Waals surface area contributed by atoms with Crippen molar-refractivity contribution in [3.63, 3.8) is 0 Å². The number of aliphatic hydroxyl groups excluding tert-OH is 1. The Morgan fingerprint density at radius 2 is 1.60 bits per heavy atom. The molecule has 2 fully saturated rings. The van der Waals surface area contributed by atoms with Crippen LogP contribution < -0.4 is 0 Å². The predicted molar refractivity (Wildman–Crippen MR) is 79.8 cm³/mol. The Hall–Kier alpha value is -1.06. The van der Waals surface area contributed by atoms with Crippen molar-refractivity contribution in [2.75, 3.05) is 13.1 Å². The van der Waals surface area contributed by atoms with Crippen LogP contribution in [0, 0.1) is 0 Å². The molecule has 1 atom stereocenters. The molecular weight excluding hydrogens is 250 g/mol. The number of rotatable bonds is 4. The number of nitrogens with zero attached hydrogens (tertiary/aromatic N) is 1. The molecule has 3 nitrogen and oxygen atoms in total. The molecule has 1 saturated carbocycles. The Labute approximate surface area is 121 Å². The maximum absolute atomic E-state index is 10.9. The first kappa shape index (κ1) is 13.9. The van der Waals surface area contributed by atoms with Gasteiger partial charge in [0.15, 0.2) is 0 Å². The second-order valence-electron chi connectivity index (χ2n) is 6.39. The van der Waals surface area contributed by atoms with Gasteiger partial charge in [-0.3, -0.25) is 4.90 Å². The summed E-state index contributed by atoms with van der Waals surface area (Å²) >= 11 is 0. The number of aromatic hydroxyl groups is 1. The minimum atomic E-state index is -0.298. The third-order valence-corrected chi connectivity index (χ3v) is 5.19. The van der Waals surface area contributed by atoms with Crippen molar-refractivity contribution in [3.8, 4) is 5.75 Å². The molecule has 1 aliphatic heterocycles. The van der Waals surface area contributed by atoms with Gasteiger partial charge in [0.2, 0.25) is 0 Å². The molecule has 1 aliphatic carbocycles. The fourth-order valence-electron chi connectivity index (χ4n) is 4.06. The average molecular weight is 275 g/mol. The standard InChI is InChI=1S/C17H25NO2/c19-15-7-5-14(6-8-15)13-16(20)17(9-1-2-10-17)18-11-3-4-12-18/h5-8,16,19-20H,1-4,9-13H2. The van der Waals surface area contributed by atoms with Crippen LogP contribution in [0.25, 0.3) is 0 Å². The Balaban J connectivity index is 1.75. The molecule has 1 aromatic rings. The summed E-state index contributed by atoms with van der Waals surface area (Å²) < 4.78 is 0. The Morgan fingerprint density at radius 1 is 1.00 bits per heavy atom. The maximum atomic E-state index is 10.9. The van der Waals surface area contributed by atoms with Gasteiger partial charge in [0.25, 0.3) is 0 Å². The van der Waals surface area contributed by atoms with Crippen LogP contribution in [0.2, 0.25) is 0 Å². The molecule has 110 valence electrons. The molecule has 0 spiro atoms. The average Bonchev–Trinajstić information content (AvgIpc) is 3.12. The molecule has 20 heavy (non-hydrogen) atoms. The zero-order valence-electron chi connectivity index (χ0n) is 12.1. The summed E-state index contributed by atoms with van der Waals surface area (Å²) in [6, 6.07) is 7.26. The van der Waals surface area contributed by atoms with Crippen LogP contribution in [0.4, 0.5) is 0 Å².